The maximum atomic E-state index is 13.0. The highest BCUT2D eigenvalue weighted by atomic mass is 79.9. The average molecular weight is 338 g/mol. The van der Waals surface area contributed by atoms with Gasteiger partial charge < -0.3 is 0 Å². The van der Waals surface area contributed by atoms with Crippen molar-refractivity contribution in [3.05, 3.63) is 34.1 Å². The van der Waals surface area contributed by atoms with Crippen molar-refractivity contribution >= 4 is 31.9 Å². The van der Waals surface area contributed by atoms with E-state index in [1.165, 1.54) is 11.6 Å². The molecule has 1 atom stereocenters. The van der Waals surface area contributed by atoms with E-state index >= 15 is 0 Å². The first kappa shape index (κ1) is 13.2. The standard InChI is InChI=1S/C12H15Br2F/c1-3-12(2,8-13)7-9-4-5-11(15)10(14)6-9/h4-6H,3,7-8H2,1-2H3. The third kappa shape index (κ3) is 3.56. The van der Waals surface area contributed by atoms with Crippen LogP contribution in [0.25, 0.3) is 0 Å². The van der Waals surface area contributed by atoms with Gasteiger partial charge in [-0.05, 0) is 51.9 Å². The lowest BCUT2D eigenvalue weighted by Gasteiger charge is -2.25. The van der Waals surface area contributed by atoms with Gasteiger partial charge in [-0.15, -0.1) is 0 Å². The number of halogens is 3. The van der Waals surface area contributed by atoms with E-state index in [9.17, 15) is 4.39 Å². The molecule has 1 aromatic rings. The summed E-state index contributed by atoms with van der Waals surface area (Å²) in [5.74, 6) is -0.198. The number of alkyl halides is 1. The summed E-state index contributed by atoms with van der Waals surface area (Å²) in [5.41, 5.74) is 1.42. The first-order valence-corrected chi connectivity index (χ1v) is 6.92. The molecule has 0 aromatic heterocycles. The van der Waals surface area contributed by atoms with Gasteiger partial charge in [0.25, 0.3) is 0 Å². The topological polar surface area (TPSA) is 0 Å². The Bertz CT molecular complexity index is 332. The molecule has 0 N–H and O–H groups in total. The Morgan fingerprint density at radius 2 is 2.07 bits per heavy atom. The highest BCUT2D eigenvalue weighted by Crippen LogP contribution is 2.30. The van der Waals surface area contributed by atoms with Gasteiger partial charge in [0.2, 0.25) is 0 Å². The molecular formula is C12H15Br2F. The second-order valence-electron chi connectivity index (χ2n) is 4.22. The second kappa shape index (κ2) is 5.44. The number of hydrogen-bond donors (Lipinski definition) is 0. The molecule has 1 aromatic carbocycles. The smallest absolute Gasteiger partial charge is 0.137 e. The molecule has 15 heavy (non-hydrogen) atoms. The molecule has 0 nitrogen and oxygen atoms in total. The van der Waals surface area contributed by atoms with Crippen LogP contribution in [0.5, 0.6) is 0 Å². The van der Waals surface area contributed by atoms with Crippen molar-refractivity contribution in [2.24, 2.45) is 5.41 Å². The average Bonchev–Trinajstić information content (AvgIpc) is 2.23. The van der Waals surface area contributed by atoms with Crippen LogP contribution in [0.4, 0.5) is 4.39 Å². The molecule has 0 aliphatic heterocycles. The first-order valence-electron chi connectivity index (χ1n) is 5.00. The molecule has 1 rings (SSSR count). The normalized spacial score (nSPS) is 15.0. The summed E-state index contributed by atoms with van der Waals surface area (Å²) in [6.07, 6.45) is 2.07. The van der Waals surface area contributed by atoms with Crippen molar-refractivity contribution in [3.63, 3.8) is 0 Å². The fourth-order valence-corrected chi connectivity index (χ4v) is 2.43. The molecule has 0 saturated carbocycles. The lowest BCUT2D eigenvalue weighted by atomic mass is 9.83. The van der Waals surface area contributed by atoms with Crippen LogP contribution in [0.1, 0.15) is 25.8 Å². The number of hydrogen-bond acceptors (Lipinski definition) is 0. The zero-order valence-electron chi connectivity index (χ0n) is 8.99. The highest BCUT2D eigenvalue weighted by molar-refractivity contribution is 9.10. The fraction of sp³-hybridized carbons (Fsp3) is 0.500. The van der Waals surface area contributed by atoms with Gasteiger partial charge in [0, 0.05) is 5.33 Å². The molecule has 3 heteroatoms. The van der Waals surface area contributed by atoms with Crippen molar-refractivity contribution < 1.29 is 4.39 Å². The van der Waals surface area contributed by atoms with Crippen molar-refractivity contribution in [1.29, 1.82) is 0 Å². The summed E-state index contributed by atoms with van der Waals surface area (Å²) in [6.45, 7) is 4.42. The lowest BCUT2D eigenvalue weighted by molar-refractivity contribution is 0.361. The monoisotopic (exact) mass is 336 g/mol. The fourth-order valence-electron chi connectivity index (χ4n) is 1.41. The van der Waals surface area contributed by atoms with Crippen LogP contribution < -0.4 is 0 Å². The zero-order valence-corrected chi connectivity index (χ0v) is 12.2. The molecule has 84 valence electrons. The Hall–Kier alpha value is 0.110. The minimum atomic E-state index is -0.198. The highest BCUT2D eigenvalue weighted by Gasteiger charge is 2.21. The molecule has 0 fully saturated rings. The molecular weight excluding hydrogens is 323 g/mol. The van der Waals surface area contributed by atoms with E-state index in [1.54, 1.807) is 0 Å². The van der Waals surface area contributed by atoms with Crippen LogP contribution >= 0.6 is 31.9 Å². The van der Waals surface area contributed by atoms with Crippen LogP contribution in [-0.4, -0.2) is 5.33 Å². The van der Waals surface area contributed by atoms with Crippen molar-refractivity contribution in [3.8, 4) is 0 Å². The van der Waals surface area contributed by atoms with Crippen LogP contribution in [0.15, 0.2) is 22.7 Å². The second-order valence-corrected chi connectivity index (χ2v) is 5.64. The van der Waals surface area contributed by atoms with Crippen molar-refractivity contribution in [2.75, 3.05) is 5.33 Å². The number of benzene rings is 1. The van der Waals surface area contributed by atoms with E-state index in [0.29, 0.717) is 4.47 Å². The molecule has 1 unspecified atom stereocenters. The summed E-state index contributed by atoms with van der Waals surface area (Å²) < 4.78 is 13.6. The first-order chi connectivity index (χ1) is 7.00. The molecule has 0 aliphatic carbocycles. The van der Waals surface area contributed by atoms with E-state index in [1.807, 2.05) is 12.1 Å². The van der Waals surface area contributed by atoms with Gasteiger partial charge in [-0.25, -0.2) is 4.39 Å². The van der Waals surface area contributed by atoms with Crippen molar-refractivity contribution in [1.82, 2.24) is 0 Å². The minimum absolute atomic E-state index is 0.198. The van der Waals surface area contributed by atoms with Gasteiger partial charge >= 0.3 is 0 Å². The predicted molar refractivity (Wildman–Crippen MR) is 70.0 cm³/mol. The largest absolute Gasteiger partial charge is 0.206 e. The van der Waals surface area contributed by atoms with Gasteiger partial charge in [0.05, 0.1) is 4.47 Å². The summed E-state index contributed by atoms with van der Waals surface area (Å²) >= 11 is 6.75. The van der Waals surface area contributed by atoms with E-state index in [2.05, 4.69) is 45.7 Å². The Morgan fingerprint density at radius 3 is 2.53 bits per heavy atom. The van der Waals surface area contributed by atoms with Gasteiger partial charge in [0.1, 0.15) is 5.82 Å². The van der Waals surface area contributed by atoms with Crippen LogP contribution in [0, 0.1) is 11.2 Å². The van der Waals surface area contributed by atoms with Crippen LogP contribution in [0.3, 0.4) is 0 Å². The zero-order chi connectivity index (χ0) is 11.5. The Kier molecular flexibility index (Phi) is 4.78. The third-order valence-electron chi connectivity index (χ3n) is 2.79. The minimum Gasteiger partial charge on any atom is -0.206 e. The van der Waals surface area contributed by atoms with E-state index in [0.717, 1.165) is 18.2 Å². The third-order valence-corrected chi connectivity index (χ3v) is 4.75. The summed E-state index contributed by atoms with van der Waals surface area (Å²) in [5, 5.41) is 0.964. The Labute approximate surface area is 108 Å². The van der Waals surface area contributed by atoms with Gasteiger partial charge in [-0.2, -0.15) is 0 Å². The molecule has 0 radical (unpaired) electrons. The van der Waals surface area contributed by atoms with E-state index in [-0.39, 0.29) is 11.2 Å². The maximum Gasteiger partial charge on any atom is 0.137 e. The van der Waals surface area contributed by atoms with Gasteiger partial charge in [0.15, 0.2) is 0 Å². The van der Waals surface area contributed by atoms with Crippen molar-refractivity contribution in [2.45, 2.75) is 26.7 Å². The Balaban J connectivity index is 2.85. The molecule has 0 spiro atoms. The Morgan fingerprint density at radius 1 is 1.40 bits per heavy atom. The molecule has 0 heterocycles. The predicted octanol–water partition coefficient (Wildman–Crippen LogP) is 4.94. The molecule has 0 aliphatic rings. The molecule has 0 bridgehead atoms. The van der Waals surface area contributed by atoms with Gasteiger partial charge in [-0.3, -0.25) is 0 Å². The van der Waals surface area contributed by atoms with E-state index < -0.39 is 0 Å². The quantitative estimate of drug-likeness (QED) is 0.682. The number of rotatable bonds is 4. The summed E-state index contributed by atoms with van der Waals surface area (Å²) in [4.78, 5) is 0. The molecule has 0 saturated heterocycles. The SMILES string of the molecule is CCC(C)(CBr)Cc1ccc(F)c(Br)c1. The van der Waals surface area contributed by atoms with Gasteiger partial charge in [-0.1, -0.05) is 35.8 Å². The summed E-state index contributed by atoms with van der Waals surface area (Å²) in [7, 11) is 0. The van der Waals surface area contributed by atoms with E-state index in [4.69, 9.17) is 0 Å². The molecule has 0 amide bonds. The summed E-state index contributed by atoms with van der Waals surface area (Å²) in [6, 6.07) is 5.24. The maximum absolute atomic E-state index is 13.0. The lowest BCUT2D eigenvalue weighted by Crippen LogP contribution is -2.20. The van der Waals surface area contributed by atoms with Crippen LogP contribution in [-0.2, 0) is 6.42 Å². The van der Waals surface area contributed by atoms with Crippen LogP contribution in [0.2, 0.25) is 0 Å².